The zero-order valence-electron chi connectivity index (χ0n) is 22.8. The molecule has 0 radical (unpaired) electrons. The van der Waals surface area contributed by atoms with Crippen molar-refractivity contribution in [2.45, 2.75) is 91.4 Å². The Labute approximate surface area is 214 Å². The van der Waals surface area contributed by atoms with Gasteiger partial charge in [0.1, 0.15) is 17.2 Å². The molecule has 0 fully saturated rings. The summed E-state index contributed by atoms with van der Waals surface area (Å²) in [5.41, 5.74) is -1.41. The summed E-state index contributed by atoms with van der Waals surface area (Å²) in [6.45, 7) is 12.7. The van der Waals surface area contributed by atoms with E-state index in [0.29, 0.717) is 37.0 Å². The number of carbonyl (C=O) groups is 4. The lowest BCUT2D eigenvalue weighted by Gasteiger charge is -2.44. The first-order valence-electron chi connectivity index (χ1n) is 12.2. The molecular formula is C27H42N2O7. The molecule has 9 nitrogen and oxygen atoms in total. The van der Waals surface area contributed by atoms with Crippen molar-refractivity contribution in [3.63, 3.8) is 0 Å². The van der Waals surface area contributed by atoms with Gasteiger partial charge in [0, 0.05) is 24.5 Å². The number of aliphatic hydroxyl groups is 1. The van der Waals surface area contributed by atoms with E-state index < -0.39 is 34.7 Å². The molecule has 0 saturated carbocycles. The summed E-state index contributed by atoms with van der Waals surface area (Å²) in [7, 11) is 1.25. The molecule has 0 unspecified atom stereocenters. The smallest absolute Gasteiger partial charge is 0.408 e. The van der Waals surface area contributed by atoms with Crippen molar-refractivity contribution in [1.82, 2.24) is 10.6 Å². The summed E-state index contributed by atoms with van der Waals surface area (Å²) in [6, 6.07) is -0.838. The lowest BCUT2D eigenvalue weighted by molar-refractivity contribution is -0.143. The number of ether oxygens (including phenoxy) is 2. The molecule has 1 aliphatic carbocycles. The van der Waals surface area contributed by atoms with Crippen LogP contribution < -0.4 is 10.6 Å². The molecule has 0 aromatic rings. The Morgan fingerprint density at radius 3 is 2.42 bits per heavy atom. The molecule has 2 atom stereocenters. The number of nitrogens with one attached hydrogen (secondary N) is 2. The van der Waals surface area contributed by atoms with Gasteiger partial charge in [-0.15, -0.1) is 0 Å². The fourth-order valence-electron chi connectivity index (χ4n) is 3.95. The highest BCUT2D eigenvalue weighted by molar-refractivity contribution is 5.93. The van der Waals surface area contributed by atoms with Crippen LogP contribution in [0.2, 0.25) is 0 Å². The number of amides is 2. The highest BCUT2D eigenvalue weighted by Crippen LogP contribution is 2.44. The maximum Gasteiger partial charge on any atom is 0.408 e. The first kappa shape index (κ1) is 31.1. The van der Waals surface area contributed by atoms with Crippen molar-refractivity contribution in [2.24, 2.45) is 5.41 Å². The predicted molar refractivity (Wildman–Crippen MR) is 137 cm³/mol. The Morgan fingerprint density at radius 1 is 1.22 bits per heavy atom. The number of allylic oxidation sites excluding steroid dienone is 3. The molecule has 0 aromatic carbocycles. The van der Waals surface area contributed by atoms with Crippen LogP contribution in [-0.2, 0) is 23.9 Å². The summed E-state index contributed by atoms with van der Waals surface area (Å²) >= 11 is 0. The van der Waals surface area contributed by atoms with Crippen molar-refractivity contribution in [3.8, 4) is 0 Å². The molecule has 9 heteroatoms. The zero-order chi connectivity index (χ0) is 27.7. The van der Waals surface area contributed by atoms with Crippen LogP contribution in [0.4, 0.5) is 4.79 Å². The highest BCUT2D eigenvalue weighted by Gasteiger charge is 2.46. The van der Waals surface area contributed by atoms with Gasteiger partial charge in [0.2, 0.25) is 5.91 Å². The summed E-state index contributed by atoms with van der Waals surface area (Å²) < 4.78 is 9.93. The molecule has 0 spiro atoms. The number of esters is 1. The van der Waals surface area contributed by atoms with E-state index in [9.17, 15) is 24.3 Å². The van der Waals surface area contributed by atoms with E-state index in [-0.39, 0.29) is 18.1 Å². The molecule has 3 N–H and O–H groups in total. The highest BCUT2D eigenvalue weighted by atomic mass is 16.6. The monoisotopic (exact) mass is 506 g/mol. The normalized spacial score (nSPS) is 21.0. The molecule has 0 saturated heterocycles. The van der Waals surface area contributed by atoms with Crippen molar-refractivity contribution in [3.05, 3.63) is 35.5 Å². The number of ketones is 1. The lowest BCUT2D eigenvalue weighted by Crippen LogP contribution is -2.48. The second-order valence-electron chi connectivity index (χ2n) is 10.9. The molecule has 36 heavy (non-hydrogen) atoms. The van der Waals surface area contributed by atoms with Gasteiger partial charge in [-0.1, -0.05) is 19.9 Å². The number of unbranched alkanes of at least 4 members (excludes halogenated alkanes) is 1. The molecule has 2 amide bonds. The average molecular weight is 507 g/mol. The topological polar surface area (TPSA) is 131 Å². The minimum Gasteiger partial charge on any atom is -0.467 e. The minimum atomic E-state index is -1.28. The van der Waals surface area contributed by atoms with Crippen molar-refractivity contribution < 1.29 is 33.8 Å². The second kappa shape index (κ2) is 12.9. The van der Waals surface area contributed by atoms with Crippen LogP contribution in [0.5, 0.6) is 0 Å². The molecule has 1 aliphatic rings. The fourth-order valence-corrected chi connectivity index (χ4v) is 3.95. The molecule has 202 valence electrons. The van der Waals surface area contributed by atoms with E-state index >= 15 is 0 Å². The van der Waals surface area contributed by atoms with Gasteiger partial charge in [0.05, 0.1) is 7.11 Å². The van der Waals surface area contributed by atoms with E-state index in [2.05, 4.69) is 10.6 Å². The molecule has 0 aromatic heterocycles. The van der Waals surface area contributed by atoms with Gasteiger partial charge in [-0.3, -0.25) is 9.59 Å². The third-order valence-electron chi connectivity index (χ3n) is 5.97. The maximum atomic E-state index is 12.3. The number of hydrogen-bond donors (Lipinski definition) is 3. The van der Waals surface area contributed by atoms with Crippen LogP contribution in [0.1, 0.15) is 74.1 Å². The summed E-state index contributed by atoms with van der Waals surface area (Å²) in [4.78, 5) is 48.1. The van der Waals surface area contributed by atoms with Gasteiger partial charge >= 0.3 is 12.1 Å². The SMILES string of the molecule is COC(=O)[C@H](CCCCNC(=O)/C=C(C)\C=C\[C@@]1(O)C(C)=CC(=O)CC1(C)C)NC(=O)OC(C)(C)C. The van der Waals surface area contributed by atoms with Gasteiger partial charge in [0.15, 0.2) is 5.78 Å². The fraction of sp³-hybridized carbons (Fsp3) is 0.630. The summed E-state index contributed by atoms with van der Waals surface area (Å²) in [5, 5.41) is 16.5. The van der Waals surface area contributed by atoms with Gasteiger partial charge in [-0.25, -0.2) is 9.59 Å². The Bertz CT molecular complexity index is 925. The van der Waals surface area contributed by atoms with Crippen LogP contribution in [0.15, 0.2) is 35.5 Å². The Balaban J connectivity index is 2.57. The van der Waals surface area contributed by atoms with E-state index in [1.807, 2.05) is 13.8 Å². The van der Waals surface area contributed by atoms with Crippen molar-refractivity contribution in [1.29, 1.82) is 0 Å². The van der Waals surface area contributed by atoms with Gasteiger partial charge in [-0.2, -0.15) is 0 Å². The van der Waals surface area contributed by atoms with Crippen LogP contribution in [-0.4, -0.2) is 59.8 Å². The first-order chi connectivity index (χ1) is 16.5. The number of hydrogen-bond acceptors (Lipinski definition) is 7. The zero-order valence-corrected chi connectivity index (χ0v) is 22.8. The third kappa shape index (κ3) is 9.60. The summed E-state index contributed by atoms with van der Waals surface area (Å²) in [6.07, 6.45) is 7.23. The molecular weight excluding hydrogens is 464 g/mol. The number of rotatable bonds is 10. The lowest BCUT2D eigenvalue weighted by atomic mass is 9.64. The predicted octanol–water partition coefficient (Wildman–Crippen LogP) is 3.52. The Hall–Kier alpha value is -2.94. The van der Waals surface area contributed by atoms with Crippen LogP contribution >= 0.6 is 0 Å². The summed E-state index contributed by atoms with van der Waals surface area (Å²) in [5.74, 6) is -0.862. The van der Waals surface area contributed by atoms with Crippen LogP contribution in [0.25, 0.3) is 0 Å². The van der Waals surface area contributed by atoms with Crippen molar-refractivity contribution in [2.75, 3.05) is 13.7 Å². The maximum absolute atomic E-state index is 12.3. The number of alkyl carbamates (subject to hydrolysis) is 1. The van der Waals surface area contributed by atoms with E-state index in [1.165, 1.54) is 19.3 Å². The minimum absolute atomic E-state index is 0.0132. The molecule has 0 aliphatic heterocycles. The second-order valence-corrected chi connectivity index (χ2v) is 10.9. The van der Waals surface area contributed by atoms with Crippen LogP contribution in [0.3, 0.4) is 0 Å². The average Bonchev–Trinajstić information content (AvgIpc) is 2.72. The third-order valence-corrected chi connectivity index (χ3v) is 5.97. The van der Waals surface area contributed by atoms with Gasteiger partial charge in [0.25, 0.3) is 0 Å². The first-order valence-corrected chi connectivity index (χ1v) is 12.2. The standard InChI is InChI=1S/C27H42N2O7/c1-18(12-13-27(34)19(2)16-20(30)17-26(27,6)7)15-22(31)28-14-10-9-11-21(23(32)35-8)29-24(33)36-25(3,4)5/h12-13,15-16,21,34H,9-11,14,17H2,1-8H3,(H,28,31)(H,29,33)/b13-12+,18-15-/t21-,27+/m0/s1. The van der Waals surface area contributed by atoms with E-state index in [0.717, 1.165) is 0 Å². The number of carbonyl (C=O) groups excluding carboxylic acids is 4. The number of methoxy groups -OCH3 is 1. The van der Waals surface area contributed by atoms with E-state index in [4.69, 9.17) is 9.47 Å². The van der Waals surface area contributed by atoms with Crippen LogP contribution in [0, 0.1) is 5.41 Å². The van der Waals surface area contributed by atoms with Gasteiger partial charge < -0.3 is 25.2 Å². The Morgan fingerprint density at radius 2 is 1.86 bits per heavy atom. The van der Waals surface area contributed by atoms with Gasteiger partial charge in [-0.05, 0) is 77.2 Å². The quantitative estimate of drug-likeness (QED) is 0.179. The molecule has 1 rings (SSSR count). The van der Waals surface area contributed by atoms with E-state index in [1.54, 1.807) is 46.8 Å². The molecule has 0 heterocycles. The largest absolute Gasteiger partial charge is 0.467 e. The molecule has 0 bridgehead atoms. The Kier molecular flexibility index (Phi) is 11.1. The van der Waals surface area contributed by atoms with Crippen molar-refractivity contribution >= 4 is 23.8 Å².